The molecule has 142 valence electrons. The zero-order valence-electron chi connectivity index (χ0n) is 14.9. The van der Waals surface area contributed by atoms with Crippen LogP contribution in [0.2, 0.25) is 5.02 Å². The smallest absolute Gasteiger partial charge is 0.337 e. The molecule has 0 saturated heterocycles. The van der Waals surface area contributed by atoms with E-state index in [-0.39, 0.29) is 16.8 Å². The number of halogens is 1. The molecule has 0 aromatic heterocycles. The van der Waals surface area contributed by atoms with Gasteiger partial charge in [-0.2, -0.15) is 0 Å². The summed E-state index contributed by atoms with van der Waals surface area (Å²) < 4.78 is 14.9. The molecule has 1 amide bonds. The third-order valence-electron chi connectivity index (χ3n) is 3.55. The van der Waals surface area contributed by atoms with Crippen molar-refractivity contribution in [3.8, 4) is 5.75 Å². The van der Waals surface area contributed by atoms with Crippen molar-refractivity contribution >= 4 is 35.1 Å². The van der Waals surface area contributed by atoms with Gasteiger partial charge in [-0.25, -0.2) is 9.59 Å². The van der Waals surface area contributed by atoms with Crippen molar-refractivity contribution in [1.82, 2.24) is 0 Å². The highest BCUT2D eigenvalue weighted by Gasteiger charge is 2.19. The minimum absolute atomic E-state index is 0.0929. The summed E-state index contributed by atoms with van der Waals surface area (Å²) in [5.74, 6) is -1.44. The van der Waals surface area contributed by atoms with Crippen molar-refractivity contribution < 1.29 is 28.6 Å². The second-order valence-electron chi connectivity index (χ2n) is 5.46. The minimum atomic E-state index is -0.881. The molecule has 1 atom stereocenters. The number of ether oxygens (including phenoxy) is 3. The van der Waals surface area contributed by atoms with E-state index in [2.05, 4.69) is 14.8 Å². The van der Waals surface area contributed by atoms with Crippen molar-refractivity contribution in [3.05, 3.63) is 58.6 Å². The Bertz CT molecular complexity index is 833. The molecule has 0 unspecified atom stereocenters. The Morgan fingerprint density at radius 1 is 0.963 bits per heavy atom. The molecular formula is C19H18ClNO6. The summed E-state index contributed by atoms with van der Waals surface area (Å²) in [6, 6.07) is 10.8. The highest BCUT2D eigenvalue weighted by molar-refractivity contribution is 6.32. The number of rotatable bonds is 6. The van der Waals surface area contributed by atoms with Crippen LogP contribution >= 0.6 is 11.6 Å². The fourth-order valence-electron chi connectivity index (χ4n) is 2.20. The topological polar surface area (TPSA) is 90.9 Å². The maximum Gasteiger partial charge on any atom is 0.337 e. The molecule has 8 heteroatoms. The zero-order valence-corrected chi connectivity index (χ0v) is 15.7. The first-order chi connectivity index (χ1) is 12.8. The van der Waals surface area contributed by atoms with E-state index >= 15 is 0 Å². The molecule has 2 aromatic carbocycles. The number of carbonyl (C=O) groups excluding carboxylic acids is 3. The summed E-state index contributed by atoms with van der Waals surface area (Å²) in [6.45, 7) is 1.55. The number of hydrogen-bond acceptors (Lipinski definition) is 6. The van der Waals surface area contributed by atoms with Crippen LogP contribution in [0, 0.1) is 0 Å². The molecule has 0 aliphatic heterocycles. The highest BCUT2D eigenvalue weighted by Crippen LogP contribution is 2.24. The Balaban J connectivity index is 2.21. The third kappa shape index (κ3) is 5.21. The number of carbonyl (C=O) groups is 3. The quantitative estimate of drug-likeness (QED) is 0.759. The van der Waals surface area contributed by atoms with Gasteiger partial charge < -0.3 is 19.5 Å². The van der Waals surface area contributed by atoms with Gasteiger partial charge in [0, 0.05) is 5.69 Å². The predicted octanol–water partition coefficient (Wildman–Crippen LogP) is 3.32. The Hall–Kier alpha value is -3.06. The predicted molar refractivity (Wildman–Crippen MR) is 99.3 cm³/mol. The molecule has 7 nitrogen and oxygen atoms in total. The van der Waals surface area contributed by atoms with E-state index in [9.17, 15) is 14.4 Å². The second kappa shape index (κ2) is 9.05. The molecule has 0 radical (unpaired) electrons. The fraction of sp³-hybridized carbons (Fsp3) is 0.211. The summed E-state index contributed by atoms with van der Waals surface area (Å²) in [6.07, 6.45) is -0.881. The van der Waals surface area contributed by atoms with Crippen LogP contribution in [0.25, 0.3) is 0 Å². The molecule has 0 heterocycles. The van der Waals surface area contributed by atoms with Gasteiger partial charge in [-0.3, -0.25) is 4.79 Å². The molecular weight excluding hydrogens is 374 g/mol. The Labute approximate surface area is 161 Å². The average Bonchev–Trinajstić information content (AvgIpc) is 2.67. The average molecular weight is 392 g/mol. The van der Waals surface area contributed by atoms with Gasteiger partial charge in [0.1, 0.15) is 5.75 Å². The van der Waals surface area contributed by atoms with E-state index in [4.69, 9.17) is 16.3 Å². The van der Waals surface area contributed by atoms with Gasteiger partial charge in [0.15, 0.2) is 6.10 Å². The number of para-hydroxylation sites is 1. The summed E-state index contributed by atoms with van der Waals surface area (Å²) >= 11 is 6.02. The normalized spacial score (nSPS) is 11.3. The van der Waals surface area contributed by atoms with Crippen LogP contribution < -0.4 is 10.1 Å². The molecule has 2 rings (SSSR count). The van der Waals surface area contributed by atoms with E-state index in [0.29, 0.717) is 10.8 Å². The largest absolute Gasteiger partial charge is 0.479 e. The van der Waals surface area contributed by atoms with E-state index in [1.54, 1.807) is 31.2 Å². The fourth-order valence-corrected chi connectivity index (χ4v) is 2.38. The van der Waals surface area contributed by atoms with Gasteiger partial charge in [-0.05, 0) is 37.3 Å². The monoisotopic (exact) mass is 391 g/mol. The molecule has 27 heavy (non-hydrogen) atoms. The molecule has 0 bridgehead atoms. The van der Waals surface area contributed by atoms with Crippen molar-refractivity contribution in [2.24, 2.45) is 0 Å². The maximum atomic E-state index is 12.4. The van der Waals surface area contributed by atoms with E-state index in [1.807, 2.05) is 0 Å². The summed E-state index contributed by atoms with van der Waals surface area (Å²) in [4.78, 5) is 36.0. The number of anilines is 1. The van der Waals surface area contributed by atoms with Crippen LogP contribution in [0.3, 0.4) is 0 Å². The van der Waals surface area contributed by atoms with Crippen LogP contribution in [0.15, 0.2) is 42.5 Å². The molecule has 0 saturated carbocycles. The lowest BCUT2D eigenvalue weighted by molar-refractivity contribution is -0.122. The third-order valence-corrected chi connectivity index (χ3v) is 3.86. The van der Waals surface area contributed by atoms with Crippen molar-refractivity contribution in [3.63, 3.8) is 0 Å². The van der Waals surface area contributed by atoms with Crippen LogP contribution in [0.5, 0.6) is 5.75 Å². The maximum absolute atomic E-state index is 12.4. The molecule has 0 aliphatic carbocycles. The number of amides is 1. The van der Waals surface area contributed by atoms with Crippen molar-refractivity contribution in [2.75, 3.05) is 19.5 Å². The summed E-state index contributed by atoms with van der Waals surface area (Å²) in [5.41, 5.74) is 0.406. The van der Waals surface area contributed by atoms with Crippen molar-refractivity contribution in [2.45, 2.75) is 13.0 Å². The first-order valence-electron chi connectivity index (χ1n) is 7.89. The first kappa shape index (κ1) is 20.3. The summed E-state index contributed by atoms with van der Waals surface area (Å²) in [5, 5.41) is 2.97. The van der Waals surface area contributed by atoms with E-state index in [1.165, 1.54) is 32.4 Å². The Kier molecular flexibility index (Phi) is 6.79. The lowest BCUT2D eigenvalue weighted by atomic mass is 10.1. The molecule has 2 aromatic rings. The molecule has 1 N–H and O–H groups in total. The Morgan fingerprint density at radius 2 is 1.52 bits per heavy atom. The lowest BCUT2D eigenvalue weighted by Crippen LogP contribution is -2.30. The first-order valence-corrected chi connectivity index (χ1v) is 8.27. The van der Waals surface area contributed by atoms with Gasteiger partial charge in [-0.1, -0.05) is 23.7 Å². The van der Waals surface area contributed by atoms with Crippen LogP contribution in [0.1, 0.15) is 27.6 Å². The minimum Gasteiger partial charge on any atom is -0.479 e. The van der Waals surface area contributed by atoms with Gasteiger partial charge in [0.25, 0.3) is 5.91 Å². The van der Waals surface area contributed by atoms with E-state index < -0.39 is 23.9 Å². The lowest BCUT2D eigenvalue weighted by Gasteiger charge is -2.16. The number of nitrogens with one attached hydrogen (secondary N) is 1. The van der Waals surface area contributed by atoms with E-state index in [0.717, 1.165) is 0 Å². The van der Waals surface area contributed by atoms with Gasteiger partial charge in [0.05, 0.1) is 30.4 Å². The van der Waals surface area contributed by atoms with Crippen molar-refractivity contribution in [1.29, 1.82) is 0 Å². The number of methoxy groups -OCH3 is 2. The number of esters is 2. The molecule has 0 aliphatic rings. The van der Waals surface area contributed by atoms with Gasteiger partial charge in [-0.15, -0.1) is 0 Å². The van der Waals surface area contributed by atoms with Crippen LogP contribution in [0.4, 0.5) is 5.69 Å². The standard InChI is InChI=1S/C19H18ClNO6/c1-11(27-16-7-5-4-6-15(16)20)17(22)21-14-9-12(18(23)25-2)8-13(10-14)19(24)26-3/h4-11H,1-3H3,(H,21,22)/t11-/m0/s1. The molecule has 0 spiro atoms. The molecule has 0 fully saturated rings. The SMILES string of the molecule is COC(=O)c1cc(NC(=O)[C@H](C)Oc2ccccc2Cl)cc(C(=O)OC)c1. The Morgan fingerprint density at radius 3 is 2.04 bits per heavy atom. The van der Waals surface area contributed by atoms with Gasteiger partial charge in [0.2, 0.25) is 0 Å². The van der Waals surface area contributed by atoms with Gasteiger partial charge >= 0.3 is 11.9 Å². The second-order valence-corrected chi connectivity index (χ2v) is 5.87. The zero-order chi connectivity index (χ0) is 20.0. The highest BCUT2D eigenvalue weighted by atomic mass is 35.5. The van der Waals surface area contributed by atoms with Crippen LogP contribution in [-0.2, 0) is 14.3 Å². The van der Waals surface area contributed by atoms with Crippen LogP contribution in [-0.4, -0.2) is 38.2 Å². The number of hydrogen-bond donors (Lipinski definition) is 1. The summed E-state index contributed by atoms with van der Waals surface area (Å²) in [7, 11) is 2.43. The number of benzene rings is 2.